The van der Waals surface area contributed by atoms with Crippen molar-refractivity contribution in [3.63, 3.8) is 0 Å². The van der Waals surface area contributed by atoms with Gasteiger partial charge in [-0.25, -0.2) is 0 Å². The molecule has 3 heterocycles. The highest BCUT2D eigenvalue weighted by atomic mass is 32.1. The number of benzene rings is 2. The first-order chi connectivity index (χ1) is 16.7. The predicted molar refractivity (Wildman–Crippen MR) is 139 cm³/mol. The molecule has 5 rings (SSSR count). The molecule has 0 atom stereocenters. The molecule has 178 valence electrons. The molecule has 0 spiro atoms. The van der Waals surface area contributed by atoms with Gasteiger partial charge in [0.15, 0.2) is 0 Å². The number of nitrogens with zero attached hydrogens (tertiary/aromatic N) is 2. The van der Waals surface area contributed by atoms with Gasteiger partial charge in [0.25, 0.3) is 5.91 Å². The van der Waals surface area contributed by atoms with Gasteiger partial charge in [0, 0.05) is 36.1 Å². The van der Waals surface area contributed by atoms with Crippen LogP contribution < -0.4 is 11.1 Å². The van der Waals surface area contributed by atoms with E-state index in [1.807, 2.05) is 41.8 Å². The Kier molecular flexibility index (Phi) is 7.25. The molecule has 0 bridgehead atoms. The van der Waals surface area contributed by atoms with Gasteiger partial charge in [-0.15, -0.1) is 11.3 Å². The van der Waals surface area contributed by atoms with Gasteiger partial charge < -0.3 is 15.8 Å². The third-order valence-corrected chi connectivity index (χ3v) is 7.77. The SMILES string of the molecule is Nc1ccc(-c2cccs2)cc1NC(=O)c1ccc(CN2CCC(N3CCOCC3)CC2)cc1. The molecule has 1 aromatic heterocycles. The molecule has 2 aliphatic rings. The fraction of sp³-hybridized carbons (Fsp3) is 0.370. The first kappa shape index (κ1) is 23.1. The lowest BCUT2D eigenvalue weighted by Crippen LogP contribution is -2.48. The summed E-state index contributed by atoms with van der Waals surface area (Å²) in [5, 5.41) is 5.02. The van der Waals surface area contributed by atoms with E-state index in [2.05, 4.69) is 33.3 Å². The molecular formula is C27H32N4O2S. The number of amides is 1. The number of hydrogen-bond acceptors (Lipinski definition) is 6. The second-order valence-electron chi connectivity index (χ2n) is 9.09. The van der Waals surface area contributed by atoms with Crippen LogP contribution in [0.3, 0.4) is 0 Å². The molecule has 0 radical (unpaired) electrons. The molecule has 0 unspecified atom stereocenters. The number of nitrogen functional groups attached to an aromatic ring is 1. The summed E-state index contributed by atoms with van der Waals surface area (Å²) in [5.41, 5.74) is 10.3. The van der Waals surface area contributed by atoms with Crippen molar-refractivity contribution in [3.8, 4) is 10.4 Å². The van der Waals surface area contributed by atoms with Gasteiger partial charge in [0.05, 0.1) is 24.6 Å². The van der Waals surface area contributed by atoms with Crippen LogP contribution >= 0.6 is 11.3 Å². The Morgan fingerprint density at radius 2 is 1.79 bits per heavy atom. The Morgan fingerprint density at radius 1 is 1.03 bits per heavy atom. The van der Waals surface area contributed by atoms with Crippen molar-refractivity contribution in [1.82, 2.24) is 9.80 Å². The number of carbonyl (C=O) groups is 1. The minimum atomic E-state index is -0.145. The monoisotopic (exact) mass is 476 g/mol. The normalized spacial score (nSPS) is 18.1. The second-order valence-corrected chi connectivity index (χ2v) is 10.0. The van der Waals surface area contributed by atoms with Crippen LogP contribution in [0.1, 0.15) is 28.8 Å². The highest BCUT2D eigenvalue weighted by molar-refractivity contribution is 7.13. The van der Waals surface area contributed by atoms with Crippen molar-refractivity contribution in [2.24, 2.45) is 0 Å². The van der Waals surface area contributed by atoms with Gasteiger partial charge in [-0.3, -0.25) is 14.6 Å². The molecule has 2 fully saturated rings. The van der Waals surface area contributed by atoms with Crippen LogP contribution in [0, 0.1) is 0 Å². The first-order valence-corrected chi connectivity index (χ1v) is 12.9. The molecule has 2 aliphatic heterocycles. The number of anilines is 2. The third-order valence-electron chi connectivity index (χ3n) is 6.85. The highest BCUT2D eigenvalue weighted by Crippen LogP contribution is 2.30. The number of rotatable bonds is 6. The Morgan fingerprint density at radius 3 is 2.50 bits per heavy atom. The van der Waals surface area contributed by atoms with E-state index in [-0.39, 0.29) is 5.91 Å². The topological polar surface area (TPSA) is 70.8 Å². The van der Waals surface area contributed by atoms with Crippen molar-refractivity contribution >= 4 is 28.6 Å². The van der Waals surface area contributed by atoms with Crippen molar-refractivity contribution < 1.29 is 9.53 Å². The molecule has 0 saturated carbocycles. The Labute approximate surface area is 205 Å². The van der Waals surface area contributed by atoms with E-state index >= 15 is 0 Å². The molecule has 3 aromatic rings. The number of nitrogens with two attached hydrogens (primary N) is 1. The lowest BCUT2D eigenvalue weighted by molar-refractivity contribution is 0.000231. The molecular weight excluding hydrogens is 444 g/mol. The van der Waals surface area contributed by atoms with Crippen LogP contribution in [0.5, 0.6) is 0 Å². The summed E-state index contributed by atoms with van der Waals surface area (Å²) in [5.74, 6) is -0.145. The maximum atomic E-state index is 12.9. The number of likely N-dealkylation sites (tertiary alicyclic amines) is 1. The zero-order valence-electron chi connectivity index (χ0n) is 19.4. The largest absolute Gasteiger partial charge is 0.397 e. The van der Waals surface area contributed by atoms with Gasteiger partial charge in [0.1, 0.15) is 0 Å². The summed E-state index contributed by atoms with van der Waals surface area (Å²) in [6, 6.07) is 18.5. The number of nitrogens with one attached hydrogen (secondary N) is 1. The summed E-state index contributed by atoms with van der Waals surface area (Å²) in [4.78, 5) is 19.1. The van der Waals surface area contributed by atoms with E-state index in [0.717, 1.165) is 56.4 Å². The number of piperidine rings is 1. The number of hydrogen-bond donors (Lipinski definition) is 2. The molecule has 7 heteroatoms. The third kappa shape index (κ3) is 5.50. The van der Waals surface area contributed by atoms with Crippen molar-refractivity contribution in [2.45, 2.75) is 25.4 Å². The summed E-state index contributed by atoms with van der Waals surface area (Å²) >= 11 is 1.66. The van der Waals surface area contributed by atoms with Crippen LogP contribution in [-0.4, -0.2) is 61.1 Å². The van der Waals surface area contributed by atoms with Gasteiger partial charge in [0.2, 0.25) is 0 Å². The predicted octanol–water partition coefficient (Wildman–Crippen LogP) is 4.55. The summed E-state index contributed by atoms with van der Waals surface area (Å²) in [6.45, 7) is 7.03. The Balaban J connectivity index is 1.16. The van der Waals surface area contributed by atoms with Crippen LogP contribution in [0.25, 0.3) is 10.4 Å². The molecule has 3 N–H and O–H groups in total. The van der Waals surface area contributed by atoms with E-state index in [4.69, 9.17) is 10.5 Å². The van der Waals surface area contributed by atoms with Crippen LogP contribution in [0.2, 0.25) is 0 Å². The van der Waals surface area contributed by atoms with Crippen LogP contribution in [0.4, 0.5) is 11.4 Å². The molecule has 0 aliphatic carbocycles. The Hall–Kier alpha value is -2.71. The van der Waals surface area contributed by atoms with Crippen LogP contribution in [-0.2, 0) is 11.3 Å². The van der Waals surface area contributed by atoms with Crippen molar-refractivity contribution in [1.29, 1.82) is 0 Å². The smallest absolute Gasteiger partial charge is 0.255 e. The van der Waals surface area contributed by atoms with Gasteiger partial charge in [-0.1, -0.05) is 24.3 Å². The van der Waals surface area contributed by atoms with Crippen molar-refractivity contribution in [2.75, 3.05) is 50.4 Å². The molecule has 1 amide bonds. The average Bonchev–Trinajstić information content (AvgIpc) is 3.42. The van der Waals surface area contributed by atoms with E-state index in [1.54, 1.807) is 11.3 Å². The minimum absolute atomic E-state index is 0.145. The standard InChI is InChI=1S/C27H32N4O2S/c28-24-8-7-22(26-2-1-17-34-26)18-25(24)29-27(32)21-5-3-20(4-6-21)19-30-11-9-23(10-12-30)31-13-15-33-16-14-31/h1-8,17-18,23H,9-16,19,28H2,(H,29,32). The Bertz CT molecular complexity index is 1090. The maximum absolute atomic E-state index is 12.9. The fourth-order valence-corrected chi connectivity index (χ4v) is 5.58. The van der Waals surface area contributed by atoms with Gasteiger partial charge >= 0.3 is 0 Å². The number of carbonyl (C=O) groups excluding carboxylic acids is 1. The minimum Gasteiger partial charge on any atom is -0.397 e. The van der Waals surface area contributed by atoms with Gasteiger partial charge in [-0.05, 0) is 72.8 Å². The van der Waals surface area contributed by atoms with E-state index in [0.29, 0.717) is 23.0 Å². The molecule has 6 nitrogen and oxygen atoms in total. The maximum Gasteiger partial charge on any atom is 0.255 e. The summed E-state index contributed by atoms with van der Waals surface area (Å²) in [7, 11) is 0. The lowest BCUT2D eigenvalue weighted by atomic mass is 10.0. The highest BCUT2D eigenvalue weighted by Gasteiger charge is 2.25. The number of morpholine rings is 1. The van der Waals surface area contributed by atoms with E-state index in [9.17, 15) is 4.79 Å². The van der Waals surface area contributed by atoms with E-state index < -0.39 is 0 Å². The number of ether oxygens (including phenoxy) is 1. The summed E-state index contributed by atoms with van der Waals surface area (Å²) < 4.78 is 5.49. The zero-order chi connectivity index (χ0) is 23.3. The molecule has 2 saturated heterocycles. The van der Waals surface area contributed by atoms with Crippen molar-refractivity contribution in [3.05, 3.63) is 71.1 Å². The average molecular weight is 477 g/mol. The quantitative estimate of drug-likeness (QED) is 0.511. The fourth-order valence-electron chi connectivity index (χ4n) is 4.86. The van der Waals surface area contributed by atoms with Gasteiger partial charge in [-0.2, -0.15) is 0 Å². The summed E-state index contributed by atoms with van der Waals surface area (Å²) in [6.07, 6.45) is 2.43. The van der Waals surface area contributed by atoms with E-state index in [1.165, 1.54) is 18.4 Å². The lowest BCUT2D eigenvalue weighted by Gasteiger charge is -2.40. The zero-order valence-corrected chi connectivity index (χ0v) is 20.2. The number of thiophene rings is 1. The second kappa shape index (κ2) is 10.7. The molecule has 34 heavy (non-hydrogen) atoms. The first-order valence-electron chi connectivity index (χ1n) is 12.0. The molecule has 2 aromatic carbocycles. The van der Waals surface area contributed by atoms with Crippen LogP contribution in [0.15, 0.2) is 60.0 Å².